The minimum absolute atomic E-state index is 0.830. The summed E-state index contributed by atoms with van der Waals surface area (Å²) in [6.45, 7) is 2.21. The van der Waals surface area contributed by atoms with Gasteiger partial charge in [0.1, 0.15) is 0 Å². The van der Waals surface area contributed by atoms with Crippen molar-refractivity contribution in [3.05, 3.63) is 66.2 Å². The van der Waals surface area contributed by atoms with Gasteiger partial charge in [0.25, 0.3) is 0 Å². The summed E-state index contributed by atoms with van der Waals surface area (Å²) in [5.74, 6) is 0. The Hall–Kier alpha value is -2.39. The molecule has 0 saturated heterocycles. The van der Waals surface area contributed by atoms with Gasteiger partial charge in [-0.2, -0.15) is 5.11 Å². The second kappa shape index (κ2) is 7.93. The van der Waals surface area contributed by atoms with Gasteiger partial charge in [0.05, 0.1) is 17.1 Å². The number of hydrogen-bond acceptors (Lipinski definition) is 3. The first kappa shape index (κ1) is 16.5. The summed E-state index contributed by atoms with van der Waals surface area (Å²) in [5, 5.41) is 10.8. The van der Waals surface area contributed by atoms with Crippen molar-refractivity contribution in [1.29, 1.82) is 0 Å². The van der Waals surface area contributed by atoms with Crippen LogP contribution in [-0.2, 0) is 6.42 Å². The third kappa shape index (κ3) is 3.74. The van der Waals surface area contributed by atoms with Crippen LogP contribution in [0.4, 0.5) is 17.1 Å². The van der Waals surface area contributed by atoms with Gasteiger partial charge in [-0.15, -0.1) is 5.11 Å². The van der Waals surface area contributed by atoms with Crippen molar-refractivity contribution in [1.82, 2.24) is 0 Å². The number of hydrogen-bond donors (Lipinski definition) is 1. The largest absolute Gasteiger partial charge is 0.298 e. The number of nitrogens with zero attached hydrogens (tertiary/aromatic N) is 2. The van der Waals surface area contributed by atoms with E-state index in [-0.39, 0.29) is 0 Å². The normalized spacial score (nSPS) is 11.2. The van der Waals surface area contributed by atoms with Crippen LogP contribution < -0.4 is 4.84 Å². The summed E-state index contributed by atoms with van der Waals surface area (Å²) in [6.07, 6.45) is 3.54. The maximum Gasteiger partial charge on any atom is 0.0936 e. The first-order valence-electron chi connectivity index (χ1n) is 8.21. The van der Waals surface area contributed by atoms with E-state index in [4.69, 9.17) is 11.8 Å². The van der Waals surface area contributed by atoms with E-state index in [9.17, 15) is 0 Å². The van der Waals surface area contributed by atoms with E-state index in [0.717, 1.165) is 34.3 Å². The van der Waals surface area contributed by atoms with Gasteiger partial charge >= 0.3 is 0 Å². The molecule has 3 aromatic carbocycles. The summed E-state index contributed by atoms with van der Waals surface area (Å²) < 4.78 is 0. The molecular formula is C20H20ClN3. The molecule has 0 atom stereocenters. The van der Waals surface area contributed by atoms with Crippen LogP contribution in [0, 0.1) is 0 Å². The molecule has 4 heteroatoms. The fraction of sp³-hybridized carbons (Fsp3) is 0.200. The van der Waals surface area contributed by atoms with Crippen molar-refractivity contribution in [3.63, 3.8) is 0 Å². The maximum atomic E-state index is 5.78. The van der Waals surface area contributed by atoms with E-state index in [1.807, 2.05) is 48.5 Å². The molecule has 0 heterocycles. The predicted molar refractivity (Wildman–Crippen MR) is 103 cm³/mol. The Labute approximate surface area is 147 Å². The predicted octanol–water partition coefficient (Wildman–Crippen LogP) is 7.16. The molecule has 3 nitrogen and oxygen atoms in total. The fourth-order valence-corrected chi connectivity index (χ4v) is 2.84. The molecule has 0 amide bonds. The van der Waals surface area contributed by atoms with Gasteiger partial charge in [-0.25, -0.2) is 0 Å². The Morgan fingerprint density at radius 3 is 2.33 bits per heavy atom. The Morgan fingerprint density at radius 1 is 0.875 bits per heavy atom. The first-order chi connectivity index (χ1) is 11.8. The number of nitrogens with one attached hydrogen (secondary N) is 1. The van der Waals surface area contributed by atoms with Crippen LogP contribution in [0.25, 0.3) is 10.8 Å². The minimum Gasteiger partial charge on any atom is -0.298 e. The zero-order chi connectivity index (χ0) is 16.8. The number of benzene rings is 3. The molecule has 0 aromatic heterocycles. The Bertz CT molecular complexity index is 841. The van der Waals surface area contributed by atoms with Gasteiger partial charge < -0.3 is 0 Å². The van der Waals surface area contributed by atoms with Gasteiger partial charge in [-0.05, 0) is 42.7 Å². The van der Waals surface area contributed by atoms with Gasteiger partial charge in [0.15, 0.2) is 0 Å². The molecule has 0 saturated carbocycles. The van der Waals surface area contributed by atoms with Gasteiger partial charge in [-0.3, -0.25) is 4.84 Å². The van der Waals surface area contributed by atoms with Gasteiger partial charge in [-0.1, -0.05) is 49.7 Å². The van der Waals surface area contributed by atoms with E-state index in [0.29, 0.717) is 0 Å². The van der Waals surface area contributed by atoms with Crippen LogP contribution in [-0.4, -0.2) is 0 Å². The van der Waals surface area contributed by atoms with E-state index in [1.165, 1.54) is 18.4 Å². The molecule has 0 spiro atoms. The molecule has 3 rings (SSSR count). The molecule has 0 aliphatic carbocycles. The average Bonchev–Trinajstić information content (AvgIpc) is 2.65. The molecule has 1 N–H and O–H groups in total. The van der Waals surface area contributed by atoms with Crippen molar-refractivity contribution in [3.8, 4) is 0 Å². The molecule has 0 bridgehead atoms. The van der Waals surface area contributed by atoms with Crippen LogP contribution in [0.1, 0.15) is 25.3 Å². The second-order valence-corrected chi connectivity index (χ2v) is 5.93. The van der Waals surface area contributed by atoms with E-state index < -0.39 is 0 Å². The Morgan fingerprint density at radius 2 is 1.62 bits per heavy atom. The zero-order valence-electron chi connectivity index (χ0n) is 13.7. The van der Waals surface area contributed by atoms with Crippen molar-refractivity contribution < 1.29 is 0 Å². The molecule has 3 aromatic rings. The van der Waals surface area contributed by atoms with E-state index in [1.54, 1.807) is 0 Å². The van der Waals surface area contributed by atoms with Crippen molar-refractivity contribution in [2.75, 3.05) is 4.84 Å². The number of fused-ring (bicyclic) bond motifs is 1. The highest BCUT2D eigenvalue weighted by atomic mass is 35.5. The molecule has 0 radical (unpaired) electrons. The highest BCUT2D eigenvalue weighted by Gasteiger charge is 2.04. The number of unbranched alkanes of at least 4 members (excludes halogenated alkanes) is 1. The average molecular weight is 338 g/mol. The molecule has 0 aliphatic rings. The first-order valence-corrected chi connectivity index (χ1v) is 8.58. The van der Waals surface area contributed by atoms with E-state index in [2.05, 4.69) is 34.1 Å². The highest BCUT2D eigenvalue weighted by Crippen LogP contribution is 2.33. The van der Waals surface area contributed by atoms with Crippen molar-refractivity contribution in [2.24, 2.45) is 10.2 Å². The third-order valence-electron chi connectivity index (χ3n) is 4.03. The lowest BCUT2D eigenvalue weighted by Crippen LogP contribution is -1.83. The molecule has 0 fully saturated rings. The van der Waals surface area contributed by atoms with Crippen LogP contribution in [0.2, 0.25) is 0 Å². The van der Waals surface area contributed by atoms with Crippen LogP contribution in [0.5, 0.6) is 0 Å². The smallest absolute Gasteiger partial charge is 0.0936 e. The van der Waals surface area contributed by atoms with Crippen LogP contribution in [0.15, 0.2) is 70.9 Å². The summed E-state index contributed by atoms with van der Waals surface area (Å²) >= 11 is 5.78. The van der Waals surface area contributed by atoms with Crippen LogP contribution >= 0.6 is 11.8 Å². The summed E-state index contributed by atoms with van der Waals surface area (Å²) in [6, 6.07) is 20.1. The Kier molecular flexibility index (Phi) is 5.44. The lowest BCUT2D eigenvalue weighted by Gasteiger charge is -2.06. The monoisotopic (exact) mass is 337 g/mol. The molecule has 122 valence electrons. The van der Waals surface area contributed by atoms with Crippen molar-refractivity contribution in [2.45, 2.75) is 26.2 Å². The van der Waals surface area contributed by atoms with Gasteiger partial charge in [0.2, 0.25) is 0 Å². The zero-order valence-corrected chi connectivity index (χ0v) is 14.4. The Balaban J connectivity index is 1.85. The lowest BCUT2D eigenvalue weighted by atomic mass is 10.1. The van der Waals surface area contributed by atoms with E-state index >= 15 is 0 Å². The fourth-order valence-electron chi connectivity index (χ4n) is 2.67. The second-order valence-electron chi connectivity index (χ2n) is 5.74. The minimum atomic E-state index is 0.830. The number of azo groups is 1. The van der Waals surface area contributed by atoms with Crippen molar-refractivity contribution >= 4 is 39.6 Å². The molecule has 0 unspecified atom stereocenters. The lowest BCUT2D eigenvalue weighted by molar-refractivity contribution is 0.795. The molecular weight excluding hydrogens is 318 g/mol. The highest BCUT2D eigenvalue weighted by molar-refractivity contribution is 6.26. The third-order valence-corrected chi connectivity index (χ3v) is 4.24. The number of aryl methyl sites for hydroxylation is 1. The SMILES string of the molecule is CCCCc1ccc(/N=N/c2ccc(NCl)c3ccccc23)cc1. The van der Waals surface area contributed by atoms with Gasteiger partial charge in [0, 0.05) is 22.5 Å². The topological polar surface area (TPSA) is 36.8 Å². The molecule has 0 aliphatic heterocycles. The standard InChI is InChI=1S/C20H20ClN3/c1-2-3-6-15-9-11-16(12-10-15)23-24-20-14-13-19(22-21)17-7-4-5-8-18(17)20/h4-5,7-14,22H,2-3,6H2,1H3/b24-23+. The number of rotatable bonds is 6. The molecule has 24 heavy (non-hydrogen) atoms. The quantitative estimate of drug-likeness (QED) is 0.376. The number of anilines is 1. The summed E-state index contributed by atoms with van der Waals surface area (Å²) in [7, 11) is 0. The number of halogens is 1. The summed E-state index contributed by atoms with van der Waals surface area (Å²) in [4.78, 5) is 2.69. The summed E-state index contributed by atoms with van der Waals surface area (Å²) in [5.41, 5.74) is 3.90. The van der Waals surface area contributed by atoms with Crippen LogP contribution in [0.3, 0.4) is 0 Å². The maximum absolute atomic E-state index is 5.78.